The van der Waals surface area contributed by atoms with Crippen LogP contribution >= 0.6 is 11.6 Å². The summed E-state index contributed by atoms with van der Waals surface area (Å²) in [4.78, 5) is 41.2. The minimum atomic E-state index is -1.17. The molecule has 5 rings (SSSR count). The third-order valence-electron chi connectivity index (χ3n) is 6.74. The number of halogens is 1. The molecule has 40 heavy (non-hydrogen) atoms. The number of benzene rings is 1. The lowest BCUT2D eigenvalue weighted by atomic mass is 9.92. The van der Waals surface area contributed by atoms with Gasteiger partial charge in [0.05, 0.1) is 28.5 Å². The fourth-order valence-electron chi connectivity index (χ4n) is 4.92. The zero-order chi connectivity index (χ0) is 28.9. The molecule has 1 aliphatic heterocycles. The molecular weight excluding hydrogens is 532 g/mol. The number of carbonyl (C=O) groups excluding carboxylic acids is 2. The molecule has 4 heterocycles. The number of fused-ring (bicyclic) bond motifs is 2. The van der Waals surface area contributed by atoms with Gasteiger partial charge in [-0.15, -0.1) is 0 Å². The number of nitrogens with two attached hydrogens (primary N) is 1. The van der Waals surface area contributed by atoms with Crippen molar-refractivity contribution >= 4 is 40.2 Å². The Morgan fingerprint density at radius 3 is 2.48 bits per heavy atom. The minimum absolute atomic E-state index is 0.0512. The lowest BCUT2D eigenvalue weighted by molar-refractivity contribution is -0.132. The lowest BCUT2D eigenvalue weighted by Gasteiger charge is -2.38. The van der Waals surface area contributed by atoms with Crippen molar-refractivity contribution < 1.29 is 18.8 Å². The van der Waals surface area contributed by atoms with Crippen molar-refractivity contribution in [2.45, 2.75) is 66.0 Å². The molecule has 1 aliphatic rings. The molecule has 0 spiro atoms. The van der Waals surface area contributed by atoms with Crippen LogP contribution in [0, 0.1) is 5.92 Å². The number of hydrogen-bond donors (Lipinski definition) is 1. The van der Waals surface area contributed by atoms with Crippen LogP contribution < -0.4 is 15.4 Å². The normalized spacial score (nSPS) is 14.6. The molecule has 4 aromatic rings. The molecule has 0 fully saturated rings. The number of rotatable bonds is 7. The number of anilines is 1. The van der Waals surface area contributed by atoms with Crippen LogP contribution in [0.3, 0.4) is 0 Å². The maximum absolute atomic E-state index is 13.4. The van der Waals surface area contributed by atoms with Crippen LogP contribution in [0.4, 0.5) is 5.69 Å². The summed E-state index contributed by atoms with van der Waals surface area (Å²) in [5.74, 6) is 0.296. The standard InChI is InChI=1S/C29H31ClN6O4/c1-14(2)9-18-23(27(31)37)22(26-25(34-18)24(15(3)4)35-40-26)16-7-8-19-20(10-16)39-29(5,6)28(38)36(19)13-21-32-11-17(30)12-33-21/h7-8,10-12,14-15H,9,13H2,1-6H3,(H2,31,37). The van der Waals surface area contributed by atoms with E-state index < -0.39 is 11.5 Å². The van der Waals surface area contributed by atoms with Crippen molar-refractivity contribution in [2.24, 2.45) is 11.7 Å². The van der Waals surface area contributed by atoms with Crippen molar-refractivity contribution in [3.63, 3.8) is 0 Å². The van der Waals surface area contributed by atoms with Gasteiger partial charge in [-0.05, 0) is 43.9 Å². The third kappa shape index (κ3) is 4.88. The van der Waals surface area contributed by atoms with Gasteiger partial charge in [-0.3, -0.25) is 14.5 Å². The van der Waals surface area contributed by atoms with E-state index in [2.05, 4.69) is 29.0 Å². The van der Waals surface area contributed by atoms with E-state index in [4.69, 9.17) is 31.6 Å². The molecule has 0 saturated carbocycles. The largest absolute Gasteiger partial charge is 0.476 e. The van der Waals surface area contributed by atoms with Crippen LogP contribution in [-0.4, -0.2) is 37.5 Å². The third-order valence-corrected chi connectivity index (χ3v) is 6.93. The molecule has 0 bridgehead atoms. The average molecular weight is 563 g/mol. The second kappa shape index (κ2) is 10.2. The van der Waals surface area contributed by atoms with Crippen LogP contribution in [0.15, 0.2) is 35.1 Å². The van der Waals surface area contributed by atoms with Crippen LogP contribution in [0.1, 0.15) is 75.0 Å². The molecule has 0 radical (unpaired) electrons. The highest BCUT2D eigenvalue weighted by Crippen LogP contribution is 2.44. The number of ether oxygens (including phenoxy) is 1. The van der Waals surface area contributed by atoms with Gasteiger partial charge in [0, 0.05) is 23.9 Å². The van der Waals surface area contributed by atoms with Crippen molar-refractivity contribution in [3.8, 4) is 16.9 Å². The maximum atomic E-state index is 13.4. The molecule has 2 N–H and O–H groups in total. The Labute approximate surface area is 236 Å². The molecule has 0 unspecified atom stereocenters. The van der Waals surface area contributed by atoms with Gasteiger partial charge in [-0.1, -0.05) is 50.5 Å². The van der Waals surface area contributed by atoms with E-state index >= 15 is 0 Å². The fourth-order valence-corrected chi connectivity index (χ4v) is 5.02. The first-order valence-corrected chi connectivity index (χ1v) is 13.5. The SMILES string of the molecule is CC(C)Cc1nc2c(C(C)C)noc2c(-c2ccc3c(c2)OC(C)(C)C(=O)N3Cc2ncc(Cl)cn2)c1C(N)=O. The number of hydrogen-bond acceptors (Lipinski definition) is 8. The quantitative estimate of drug-likeness (QED) is 0.313. The van der Waals surface area contributed by atoms with Gasteiger partial charge in [0.1, 0.15) is 22.8 Å². The number of pyridine rings is 1. The van der Waals surface area contributed by atoms with E-state index in [-0.39, 0.29) is 29.9 Å². The van der Waals surface area contributed by atoms with Crippen LogP contribution in [0.2, 0.25) is 5.02 Å². The molecule has 208 valence electrons. The van der Waals surface area contributed by atoms with Gasteiger partial charge >= 0.3 is 0 Å². The van der Waals surface area contributed by atoms with Crippen molar-refractivity contribution in [1.29, 1.82) is 0 Å². The van der Waals surface area contributed by atoms with E-state index in [9.17, 15) is 9.59 Å². The first-order chi connectivity index (χ1) is 18.9. The molecule has 0 saturated heterocycles. The summed E-state index contributed by atoms with van der Waals surface area (Å²) in [7, 11) is 0. The van der Waals surface area contributed by atoms with Gasteiger partial charge in [0.25, 0.3) is 11.8 Å². The van der Waals surface area contributed by atoms with Gasteiger partial charge < -0.3 is 15.0 Å². The van der Waals surface area contributed by atoms with Crippen LogP contribution in [-0.2, 0) is 17.8 Å². The highest BCUT2D eigenvalue weighted by molar-refractivity contribution is 6.30. The van der Waals surface area contributed by atoms with Crippen LogP contribution in [0.25, 0.3) is 22.2 Å². The van der Waals surface area contributed by atoms with Gasteiger partial charge in [0.2, 0.25) is 0 Å². The number of amides is 2. The topological polar surface area (TPSA) is 137 Å². The molecule has 1 aromatic carbocycles. The summed E-state index contributed by atoms with van der Waals surface area (Å²) in [6.07, 6.45) is 3.52. The first-order valence-electron chi connectivity index (χ1n) is 13.1. The van der Waals surface area contributed by atoms with Gasteiger partial charge in [0.15, 0.2) is 11.2 Å². The lowest BCUT2D eigenvalue weighted by Crippen LogP contribution is -2.52. The molecule has 2 amide bonds. The second-order valence-electron chi connectivity index (χ2n) is 11.2. The molecular formula is C29H31ClN6O4. The Kier molecular flexibility index (Phi) is 6.99. The van der Waals surface area contributed by atoms with Crippen molar-refractivity contribution in [3.05, 3.63) is 58.4 Å². The fraction of sp³-hybridized carbons (Fsp3) is 0.379. The highest BCUT2D eigenvalue weighted by Gasteiger charge is 2.41. The number of primary amides is 1. The van der Waals surface area contributed by atoms with Gasteiger partial charge in [-0.25, -0.2) is 15.0 Å². The molecule has 10 nitrogen and oxygen atoms in total. The van der Waals surface area contributed by atoms with E-state index in [1.54, 1.807) is 36.9 Å². The maximum Gasteiger partial charge on any atom is 0.271 e. The van der Waals surface area contributed by atoms with E-state index in [0.717, 1.165) is 0 Å². The molecule has 0 atom stereocenters. The molecule has 0 aliphatic carbocycles. The highest BCUT2D eigenvalue weighted by atomic mass is 35.5. The van der Waals surface area contributed by atoms with E-state index in [1.807, 2.05) is 13.8 Å². The Morgan fingerprint density at radius 1 is 1.15 bits per heavy atom. The summed E-state index contributed by atoms with van der Waals surface area (Å²) >= 11 is 5.94. The smallest absolute Gasteiger partial charge is 0.271 e. The van der Waals surface area contributed by atoms with Gasteiger partial charge in [-0.2, -0.15) is 0 Å². The second-order valence-corrected chi connectivity index (χ2v) is 11.6. The Balaban J connectivity index is 1.71. The zero-order valence-corrected chi connectivity index (χ0v) is 24.0. The number of aromatic nitrogens is 4. The monoisotopic (exact) mass is 562 g/mol. The Hall–Kier alpha value is -4.05. The van der Waals surface area contributed by atoms with E-state index in [1.165, 1.54) is 12.4 Å². The van der Waals surface area contributed by atoms with E-state index in [0.29, 0.717) is 62.3 Å². The number of carbonyl (C=O) groups is 2. The molecule has 3 aromatic heterocycles. The summed E-state index contributed by atoms with van der Waals surface area (Å²) in [6.45, 7) is 11.6. The zero-order valence-electron chi connectivity index (χ0n) is 23.3. The molecule has 11 heteroatoms. The minimum Gasteiger partial charge on any atom is -0.476 e. The predicted molar refractivity (Wildman–Crippen MR) is 151 cm³/mol. The van der Waals surface area contributed by atoms with Crippen LogP contribution in [0.5, 0.6) is 5.75 Å². The first kappa shape index (κ1) is 27.5. The summed E-state index contributed by atoms with van der Waals surface area (Å²) in [5, 5.41) is 4.69. The Bertz CT molecular complexity index is 1630. The summed E-state index contributed by atoms with van der Waals surface area (Å²) in [6, 6.07) is 5.37. The Morgan fingerprint density at radius 2 is 1.85 bits per heavy atom. The number of nitrogens with zero attached hydrogens (tertiary/aromatic N) is 5. The summed E-state index contributed by atoms with van der Waals surface area (Å²) in [5.41, 5.74) is 9.01. The van der Waals surface area contributed by atoms with Crippen molar-refractivity contribution in [1.82, 2.24) is 20.1 Å². The predicted octanol–water partition coefficient (Wildman–Crippen LogP) is 5.46. The average Bonchev–Trinajstić information content (AvgIpc) is 3.30. The van der Waals surface area contributed by atoms with Crippen molar-refractivity contribution in [2.75, 3.05) is 4.90 Å². The summed E-state index contributed by atoms with van der Waals surface area (Å²) < 4.78 is 12.0.